The lowest BCUT2D eigenvalue weighted by molar-refractivity contribution is 0.0705. The Morgan fingerprint density at radius 1 is 0.615 bits per heavy atom. The Bertz CT molecular complexity index is 834. The van der Waals surface area contributed by atoms with Gasteiger partial charge < -0.3 is 31.5 Å². The van der Waals surface area contributed by atoms with Gasteiger partial charge in [-0.15, -0.1) is 0 Å². The third-order valence-corrected chi connectivity index (χ3v) is 11.5. The van der Waals surface area contributed by atoms with Crippen molar-refractivity contribution in [2.24, 2.45) is 10.2 Å². The van der Waals surface area contributed by atoms with Crippen LogP contribution in [0.1, 0.15) is 54.4 Å². The molecule has 1 rings (SSSR count). The highest BCUT2D eigenvalue weighted by Gasteiger charge is 2.41. The van der Waals surface area contributed by atoms with Crippen molar-refractivity contribution in [3.8, 4) is 0 Å². The van der Waals surface area contributed by atoms with Gasteiger partial charge in [0.2, 0.25) is 17.8 Å². The van der Waals surface area contributed by atoms with Crippen LogP contribution in [0.3, 0.4) is 0 Å². The number of nitrogens with zero attached hydrogens (tertiary/aromatic N) is 10. The van der Waals surface area contributed by atoms with Gasteiger partial charge in [-0.2, -0.15) is 9.97 Å². The summed E-state index contributed by atoms with van der Waals surface area (Å²) >= 11 is 0. The molecule has 0 fully saturated rings. The first-order valence-electron chi connectivity index (χ1n) is 13.4. The number of hydrogen-bond donors (Lipinski definition) is 0. The lowest BCUT2D eigenvalue weighted by Gasteiger charge is -2.31. The second kappa shape index (κ2) is 19.6. The van der Waals surface area contributed by atoms with E-state index in [1.807, 2.05) is 46.4 Å². The highest BCUT2D eigenvalue weighted by molar-refractivity contribution is 6.61. The van der Waals surface area contributed by atoms with Gasteiger partial charge in [0.05, 0.1) is 0 Å². The molecule has 18 heteroatoms. The maximum Gasteiger partial charge on any atom is 0.500 e. The number of rotatable bonds is 23. The SMILES string of the molecule is CCO[Si](CCCN(CCC[Si](OCC)(OCC)OCC)c1nc(N=[N+]=[N-])nc(N=[N+]=[N-])n1)(OCC)OCC. The fraction of sp³-hybridized carbons (Fsp3) is 0.857. The quantitative estimate of drug-likeness (QED) is 0.0689. The molecule has 0 spiro atoms. The van der Waals surface area contributed by atoms with E-state index in [-0.39, 0.29) is 17.8 Å². The maximum atomic E-state index is 8.90. The molecule has 0 saturated heterocycles. The predicted molar refractivity (Wildman–Crippen MR) is 150 cm³/mol. The molecule has 0 aliphatic carbocycles. The van der Waals surface area contributed by atoms with Gasteiger partial charge in [0, 0.05) is 74.6 Å². The molecular weight excluding hydrogens is 544 g/mol. The van der Waals surface area contributed by atoms with E-state index in [0.29, 0.717) is 77.7 Å². The third-order valence-electron chi connectivity index (χ3n) is 5.16. The summed E-state index contributed by atoms with van der Waals surface area (Å²) in [5, 5.41) is 6.96. The van der Waals surface area contributed by atoms with Crippen LogP contribution in [0.2, 0.25) is 12.1 Å². The van der Waals surface area contributed by atoms with Crippen molar-refractivity contribution in [2.75, 3.05) is 57.6 Å². The first-order chi connectivity index (χ1) is 18.9. The molecule has 0 unspecified atom stereocenters. The molecule has 0 atom stereocenters. The topological polar surface area (TPSA) is 195 Å². The lowest BCUT2D eigenvalue weighted by Crippen LogP contribution is -2.47. The molecule has 0 saturated carbocycles. The molecule has 1 aromatic rings. The summed E-state index contributed by atoms with van der Waals surface area (Å²) in [4.78, 5) is 19.9. The van der Waals surface area contributed by atoms with Crippen LogP contribution >= 0.6 is 0 Å². The molecular formula is C21H42N10O6Si2. The minimum Gasteiger partial charge on any atom is -0.374 e. The van der Waals surface area contributed by atoms with Crippen molar-refractivity contribution in [3.63, 3.8) is 0 Å². The summed E-state index contributed by atoms with van der Waals surface area (Å²) in [7, 11) is -5.74. The molecule has 0 aliphatic rings. The van der Waals surface area contributed by atoms with E-state index in [1.165, 1.54) is 0 Å². The molecule has 1 heterocycles. The average Bonchev–Trinajstić information content (AvgIpc) is 2.89. The van der Waals surface area contributed by atoms with Crippen LogP contribution in [0, 0.1) is 0 Å². The summed E-state index contributed by atoms with van der Waals surface area (Å²) in [6.45, 7) is 15.3. The molecule has 0 amide bonds. The van der Waals surface area contributed by atoms with Crippen LogP contribution in [0.5, 0.6) is 0 Å². The van der Waals surface area contributed by atoms with Crippen molar-refractivity contribution < 1.29 is 26.6 Å². The highest BCUT2D eigenvalue weighted by Crippen LogP contribution is 2.24. The number of azide groups is 2. The minimum atomic E-state index is -2.87. The number of aromatic nitrogens is 3. The van der Waals surface area contributed by atoms with Crippen LogP contribution in [-0.2, 0) is 26.6 Å². The summed E-state index contributed by atoms with van der Waals surface area (Å²) < 4.78 is 35.9. The van der Waals surface area contributed by atoms with Crippen molar-refractivity contribution in [1.29, 1.82) is 0 Å². The van der Waals surface area contributed by atoms with E-state index < -0.39 is 17.6 Å². The van der Waals surface area contributed by atoms with Gasteiger partial charge in [-0.1, -0.05) is 0 Å². The van der Waals surface area contributed by atoms with Crippen LogP contribution in [0.15, 0.2) is 10.2 Å². The van der Waals surface area contributed by atoms with E-state index >= 15 is 0 Å². The second-order valence-electron chi connectivity index (χ2n) is 7.77. The lowest BCUT2D eigenvalue weighted by atomic mass is 10.3. The zero-order valence-corrected chi connectivity index (χ0v) is 25.9. The Labute approximate surface area is 232 Å². The van der Waals surface area contributed by atoms with E-state index in [0.717, 1.165) is 0 Å². The Hall–Kier alpha value is -2.38. The van der Waals surface area contributed by atoms with Crippen LogP contribution in [0.25, 0.3) is 20.9 Å². The Morgan fingerprint density at radius 2 is 0.949 bits per heavy atom. The molecule has 39 heavy (non-hydrogen) atoms. The Balaban J connectivity index is 3.26. The average molecular weight is 587 g/mol. The van der Waals surface area contributed by atoms with Crippen molar-refractivity contribution >= 4 is 35.5 Å². The Morgan fingerprint density at radius 3 is 1.23 bits per heavy atom. The van der Waals surface area contributed by atoms with Gasteiger partial charge >= 0.3 is 17.6 Å². The van der Waals surface area contributed by atoms with E-state index in [2.05, 4.69) is 35.0 Å². The molecule has 0 aliphatic heterocycles. The van der Waals surface area contributed by atoms with Gasteiger partial charge in [-0.05, 0) is 75.7 Å². The first kappa shape index (κ1) is 34.7. The number of hydrogen-bond acceptors (Lipinski definition) is 12. The van der Waals surface area contributed by atoms with Gasteiger partial charge in [0.1, 0.15) is 0 Å². The normalized spacial score (nSPS) is 11.6. The van der Waals surface area contributed by atoms with Crippen LogP contribution in [-0.4, -0.2) is 85.3 Å². The molecule has 220 valence electrons. The van der Waals surface area contributed by atoms with Crippen LogP contribution < -0.4 is 4.90 Å². The smallest absolute Gasteiger partial charge is 0.374 e. The van der Waals surface area contributed by atoms with Gasteiger partial charge in [-0.25, -0.2) is 4.98 Å². The van der Waals surface area contributed by atoms with Crippen molar-refractivity contribution in [1.82, 2.24) is 15.0 Å². The number of anilines is 1. The molecule has 0 radical (unpaired) electrons. The summed E-state index contributed by atoms with van der Waals surface area (Å²) in [6.07, 6.45) is 1.27. The largest absolute Gasteiger partial charge is 0.500 e. The Kier molecular flexibility index (Phi) is 17.5. The zero-order valence-electron chi connectivity index (χ0n) is 23.9. The van der Waals surface area contributed by atoms with Crippen LogP contribution in [0.4, 0.5) is 17.8 Å². The molecule has 0 bridgehead atoms. The minimum absolute atomic E-state index is 0.196. The third kappa shape index (κ3) is 12.1. The van der Waals surface area contributed by atoms with Gasteiger partial charge in [0.15, 0.2) is 0 Å². The molecule has 1 aromatic heterocycles. The molecule has 0 aromatic carbocycles. The van der Waals surface area contributed by atoms with E-state index in [9.17, 15) is 0 Å². The van der Waals surface area contributed by atoms with Gasteiger partial charge in [-0.3, -0.25) is 0 Å². The van der Waals surface area contributed by atoms with Crippen molar-refractivity contribution in [2.45, 2.75) is 66.5 Å². The van der Waals surface area contributed by atoms with E-state index in [4.69, 9.17) is 37.6 Å². The van der Waals surface area contributed by atoms with Gasteiger partial charge in [0.25, 0.3) is 0 Å². The highest BCUT2D eigenvalue weighted by atomic mass is 28.4. The summed E-state index contributed by atoms with van der Waals surface area (Å²) in [5.74, 6) is -0.181. The zero-order chi connectivity index (χ0) is 29.0. The van der Waals surface area contributed by atoms with E-state index in [1.54, 1.807) is 0 Å². The molecule has 0 N–H and O–H groups in total. The summed E-state index contributed by atoms with van der Waals surface area (Å²) in [5.41, 5.74) is 17.8. The fourth-order valence-corrected chi connectivity index (χ4v) is 9.13. The maximum absolute atomic E-state index is 8.90. The first-order valence-corrected chi connectivity index (χ1v) is 17.2. The fourth-order valence-electron chi connectivity index (χ4n) is 3.94. The second-order valence-corrected chi connectivity index (χ2v) is 13.2. The summed E-state index contributed by atoms with van der Waals surface area (Å²) in [6, 6.07) is 1.15. The van der Waals surface area contributed by atoms with Crippen molar-refractivity contribution in [3.05, 3.63) is 20.9 Å². The molecule has 16 nitrogen and oxygen atoms in total. The monoisotopic (exact) mass is 586 g/mol. The standard InChI is InChI=1S/C21H42N10O6Si2/c1-7-32-38(33-8-2,34-9-3)17-13-15-31(16-14-18-39(35-10-4,36-11-5)37-12-6)21-25-19(27-29-22)24-20(26-21)28-30-23/h7-18H2,1-6H3. The predicted octanol–water partition coefficient (Wildman–Crippen LogP) is 5.44.